The number of halogens is 6. The molecule has 1 aliphatic heterocycles. The summed E-state index contributed by atoms with van der Waals surface area (Å²) in [6, 6.07) is 10.3. The molecule has 0 spiro atoms. The summed E-state index contributed by atoms with van der Waals surface area (Å²) < 4.78 is 2.94. The van der Waals surface area contributed by atoms with E-state index in [4.69, 9.17) is 74.3 Å². The molecule has 2 aliphatic carbocycles. The molecule has 4 atom stereocenters. The molecule has 10 nitrogen and oxygen atoms in total. The summed E-state index contributed by atoms with van der Waals surface area (Å²) in [5.74, 6) is -6.58. The Morgan fingerprint density at radius 1 is 0.951 bits per heavy atom. The number of carbonyl (C=O) groups excluding carboxylic acids is 4. The maximum absolute atomic E-state index is 13.9. The van der Waals surface area contributed by atoms with Crippen molar-refractivity contribution in [3.63, 3.8) is 0 Å². The monoisotopic (exact) mass is 679 g/mol. The third kappa shape index (κ3) is 3.92. The molecule has 3 amide bonds. The Morgan fingerprint density at radius 2 is 1.49 bits per heavy atom. The molecule has 16 heteroatoms. The predicted octanol–water partition coefficient (Wildman–Crippen LogP) is 5.29. The van der Waals surface area contributed by atoms with Crippen molar-refractivity contribution in [2.24, 2.45) is 11.8 Å². The molecule has 1 saturated carbocycles. The van der Waals surface area contributed by atoms with E-state index in [-0.39, 0.29) is 26.9 Å². The van der Waals surface area contributed by atoms with Crippen molar-refractivity contribution in [2.75, 3.05) is 13.7 Å². The van der Waals surface area contributed by atoms with Crippen LogP contribution in [0.3, 0.4) is 0 Å². The van der Waals surface area contributed by atoms with Crippen LogP contribution in [0.2, 0.25) is 0 Å². The minimum Gasteiger partial charge on any atom is -0.497 e. The SMILES string of the molecule is COc1cccc(C(=O)CN(C(=O)c2ccc([N+](=O)[O-])cc2)N2C(=O)[C@@H]3[C@H](C2=O)[C@@]2(Cl)C(Cl)=C(Cl)[C@@]3(Cl)C2(Cl)Cl)c1. The van der Waals surface area contributed by atoms with Crippen LogP contribution >= 0.6 is 69.6 Å². The van der Waals surface area contributed by atoms with E-state index in [1.165, 1.54) is 25.3 Å². The molecule has 0 N–H and O–H groups in total. The van der Waals surface area contributed by atoms with Crippen molar-refractivity contribution in [2.45, 2.75) is 14.1 Å². The Kier molecular flexibility index (Phi) is 7.29. The quantitative estimate of drug-likeness (QED) is 0.128. The maximum Gasteiger partial charge on any atom is 0.273 e. The highest BCUT2D eigenvalue weighted by atomic mass is 35.5. The summed E-state index contributed by atoms with van der Waals surface area (Å²) in [7, 11) is 1.39. The van der Waals surface area contributed by atoms with Gasteiger partial charge in [0.1, 0.15) is 22.0 Å². The normalized spacial score (nSPS) is 27.7. The molecule has 0 unspecified atom stereocenters. The Balaban J connectivity index is 1.59. The number of methoxy groups -OCH3 is 1. The molecule has 1 heterocycles. The van der Waals surface area contributed by atoms with E-state index in [2.05, 4.69) is 0 Å². The molecular formula is C25H15Cl6N3O7. The predicted molar refractivity (Wildman–Crippen MR) is 151 cm³/mol. The fourth-order valence-electron chi connectivity index (χ4n) is 5.35. The number of Topliss-reactive ketones (excluding diaryl/α,β-unsaturated/α-hetero) is 1. The van der Waals surface area contributed by atoms with Gasteiger partial charge in [-0.05, 0) is 24.3 Å². The Hall–Kier alpha value is -2.60. The van der Waals surface area contributed by atoms with Crippen LogP contribution in [0.4, 0.5) is 5.69 Å². The topological polar surface area (TPSA) is 127 Å². The molecule has 2 aromatic carbocycles. The number of fused-ring (bicyclic) bond motifs is 5. The number of rotatable bonds is 7. The van der Waals surface area contributed by atoms with Gasteiger partial charge in [-0.1, -0.05) is 58.5 Å². The van der Waals surface area contributed by atoms with Crippen molar-refractivity contribution in [1.29, 1.82) is 0 Å². The molecule has 2 bridgehead atoms. The molecule has 0 aromatic heterocycles. The summed E-state index contributed by atoms with van der Waals surface area (Å²) in [6.45, 7) is -0.813. The zero-order valence-corrected chi connectivity index (χ0v) is 25.0. The second-order valence-electron chi connectivity index (χ2n) is 9.39. The number of ketones is 1. The second-order valence-corrected chi connectivity index (χ2v) is 12.7. The zero-order valence-electron chi connectivity index (χ0n) is 20.4. The van der Waals surface area contributed by atoms with Crippen LogP contribution in [0.25, 0.3) is 0 Å². The van der Waals surface area contributed by atoms with Gasteiger partial charge in [-0.3, -0.25) is 29.3 Å². The number of hydrazine groups is 1. The molecule has 41 heavy (non-hydrogen) atoms. The minimum atomic E-state index is -2.20. The highest BCUT2D eigenvalue weighted by molar-refractivity contribution is 6.66. The van der Waals surface area contributed by atoms with Gasteiger partial charge in [-0.25, -0.2) is 5.01 Å². The Labute approximate surface area is 261 Å². The first kappa shape index (κ1) is 29.9. The molecule has 2 aromatic rings. The summed E-state index contributed by atoms with van der Waals surface area (Å²) in [6.07, 6.45) is 0. The smallest absolute Gasteiger partial charge is 0.273 e. The second kappa shape index (κ2) is 10.00. The van der Waals surface area contributed by atoms with E-state index in [1.54, 1.807) is 6.07 Å². The summed E-state index contributed by atoms with van der Waals surface area (Å²) >= 11 is 39.3. The van der Waals surface area contributed by atoms with E-state index in [0.29, 0.717) is 15.8 Å². The number of amides is 3. The molecule has 214 valence electrons. The average molecular weight is 682 g/mol. The van der Waals surface area contributed by atoms with Gasteiger partial charge in [0.05, 0.1) is 33.9 Å². The van der Waals surface area contributed by atoms with Crippen LogP contribution in [0.5, 0.6) is 5.75 Å². The van der Waals surface area contributed by atoms with Gasteiger partial charge < -0.3 is 4.74 Å². The van der Waals surface area contributed by atoms with Gasteiger partial charge in [0.25, 0.3) is 23.4 Å². The fraction of sp³-hybridized carbons (Fsp3) is 0.280. The molecule has 1 saturated heterocycles. The van der Waals surface area contributed by atoms with Crippen molar-refractivity contribution < 1.29 is 28.8 Å². The highest BCUT2D eigenvalue weighted by Gasteiger charge is 2.88. The van der Waals surface area contributed by atoms with E-state index < -0.39 is 60.9 Å². The number of allylic oxidation sites excluding steroid dienone is 2. The summed E-state index contributed by atoms with van der Waals surface area (Å²) in [5, 5.41) is 11.5. The van der Waals surface area contributed by atoms with Crippen molar-refractivity contribution in [3.8, 4) is 5.75 Å². The van der Waals surface area contributed by atoms with Gasteiger partial charge in [-0.15, -0.1) is 23.2 Å². The number of nitrogens with zero attached hydrogens (tertiary/aromatic N) is 3. The van der Waals surface area contributed by atoms with Gasteiger partial charge in [0.2, 0.25) is 0 Å². The number of hydrogen-bond donors (Lipinski definition) is 0. The number of ether oxygens (including phenoxy) is 1. The van der Waals surface area contributed by atoms with E-state index in [1.807, 2.05) is 0 Å². The van der Waals surface area contributed by atoms with Gasteiger partial charge in [-0.2, -0.15) is 5.01 Å². The molecule has 3 aliphatic rings. The number of nitro groups is 1. The maximum atomic E-state index is 13.9. The number of imide groups is 1. The number of hydrogen-bond acceptors (Lipinski definition) is 7. The molecular weight excluding hydrogens is 667 g/mol. The number of nitro benzene ring substituents is 1. The molecule has 5 rings (SSSR count). The first-order chi connectivity index (χ1) is 19.1. The van der Waals surface area contributed by atoms with Gasteiger partial charge >= 0.3 is 0 Å². The lowest BCUT2D eigenvalue weighted by Crippen LogP contribution is -2.56. The van der Waals surface area contributed by atoms with Crippen LogP contribution in [0.15, 0.2) is 58.6 Å². The van der Waals surface area contributed by atoms with Crippen LogP contribution in [-0.2, 0) is 9.59 Å². The lowest BCUT2D eigenvalue weighted by Gasteiger charge is -2.36. The minimum absolute atomic E-state index is 0.0983. The van der Waals surface area contributed by atoms with E-state index in [0.717, 1.165) is 24.3 Å². The number of non-ortho nitro benzene ring substituents is 1. The van der Waals surface area contributed by atoms with Crippen LogP contribution in [-0.4, -0.2) is 66.2 Å². The summed E-state index contributed by atoms with van der Waals surface area (Å²) in [5.41, 5.74) is -0.390. The van der Waals surface area contributed by atoms with Crippen LogP contribution in [0, 0.1) is 22.0 Å². The first-order valence-electron chi connectivity index (χ1n) is 11.6. The molecule has 2 fully saturated rings. The highest BCUT2D eigenvalue weighted by Crippen LogP contribution is 2.77. The van der Waals surface area contributed by atoms with Gasteiger partial charge in [0.15, 0.2) is 10.1 Å². The van der Waals surface area contributed by atoms with Crippen LogP contribution in [0.1, 0.15) is 20.7 Å². The average Bonchev–Trinajstić information content (AvgIpc) is 3.34. The van der Waals surface area contributed by atoms with Crippen LogP contribution < -0.4 is 4.74 Å². The Morgan fingerprint density at radius 3 is 1.98 bits per heavy atom. The first-order valence-corrected chi connectivity index (χ1v) is 13.8. The van der Waals surface area contributed by atoms with E-state index >= 15 is 0 Å². The standard InChI is InChI=1S/C25H15Cl6N3O7/c1-41-14-4-2-3-12(9-14)15(35)10-32(20(36)11-5-7-13(8-6-11)34(39)40)33-21(37)16-17(22(33)38)24(29)19(27)18(26)23(16,28)25(24,30)31/h2-9,16-17H,10H2,1H3/t16-,17+,23-,24-/m1/s1. The number of alkyl halides is 4. The lowest BCUT2D eigenvalue weighted by molar-refractivity contribution is -0.384. The Bertz CT molecular complexity index is 1540. The number of benzene rings is 2. The van der Waals surface area contributed by atoms with Crippen molar-refractivity contribution in [1.82, 2.24) is 10.0 Å². The molecule has 0 radical (unpaired) electrons. The third-order valence-electron chi connectivity index (χ3n) is 7.37. The number of carbonyl (C=O) groups is 4. The fourth-order valence-corrected chi connectivity index (χ4v) is 8.28. The lowest BCUT2D eigenvalue weighted by atomic mass is 9.84. The van der Waals surface area contributed by atoms with Gasteiger partial charge in [0, 0.05) is 23.3 Å². The third-order valence-corrected chi connectivity index (χ3v) is 11.6. The largest absolute Gasteiger partial charge is 0.497 e. The zero-order chi connectivity index (χ0) is 30.2. The van der Waals surface area contributed by atoms with Crippen molar-refractivity contribution in [3.05, 3.63) is 79.8 Å². The van der Waals surface area contributed by atoms with E-state index in [9.17, 15) is 29.3 Å². The summed E-state index contributed by atoms with van der Waals surface area (Å²) in [4.78, 5) is 61.1. The van der Waals surface area contributed by atoms with Crippen molar-refractivity contribution >= 4 is 98.8 Å².